The number of allylic oxidation sites excluding steroid dienone is 5. The molecule has 3 aliphatic carbocycles. The molecule has 120 valence electrons. The summed E-state index contributed by atoms with van der Waals surface area (Å²) in [6.45, 7) is 0. The average molecular weight is 320 g/mol. The van der Waals surface area contributed by atoms with Gasteiger partial charge in [0, 0.05) is 0 Å². The lowest BCUT2D eigenvalue weighted by molar-refractivity contribution is 0.206. The molecule has 2 aromatic rings. The second-order valence-corrected chi connectivity index (χ2v) is 7.61. The van der Waals surface area contributed by atoms with Crippen molar-refractivity contribution in [2.24, 2.45) is 17.8 Å². The van der Waals surface area contributed by atoms with Crippen LogP contribution in [0.4, 0.5) is 0 Å². The van der Waals surface area contributed by atoms with Gasteiger partial charge in [-0.2, -0.15) is 0 Å². The van der Waals surface area contributed by atoms with Crippen LogP contribution in [0, 0.1) is 17.8 Å². The normalized spacial score (nSPS) is 31.9. The summed E-state index contributed by atoms with van der Waals surface area (Å²) in [4.78, 5) is 0. The standard InChI is InChI=1S/C24H21B/c25-19-8-5-7-17(14-19)23-15-18-13-12-16-6-1-2-9-20(16)24(18)22-11-4-3-10-21(22)23/h1-14,18,21-24H,15H2. The van der Waals surface area contributed by atoms with Crippen molar-refractivity contribution in [2.75, 3.05) is 0 Å². The van der Waals surface area contributed by atoms with E-state index in [4.69, 9.17) is 7.85 Å². The van der Waals surface area contributed by atoms with Gasteiger partial charge in [-0.25, -0.2) is 0 Å². The quantitative estimate of drug-likeness (QED) is 0.665. The molecule has 0 saturated heterocycles. The second kappa shape index (κ2) is 5.91. The van der Waals surface area contributed by atoms with Crippen LogP contribution in [0.15, 0.2) is 78.9 Å². The summed E-state index contributed by atoms with van der Waals surface area (Å²) >= 11 is 0. The lowest BCUT2D eigenvalue weighted by Gasteiger charge is -2.48. The molecule has 5 unspecified atom stereocenters. The Labute approximate surface area is 151 Å². The Kier molecular flexibility index (Phi) is 3.55. The van der Waals surface area contributed by atoms with E-state index < -0.39 is 0 Å². The molecule has 2 aromatic carbocycles. The van der Waals surface area contributed by atoms with Crippen LogP contribution in [0.2, 0.25) is 0 Å². The Morgan fingerprint density at radius 3 is 2.56 bits per heavy atom. The second-order valence-electron chi connectivity index (χ2n) is 7.61. The molecule has 1 saturated carbocycles. The average Bonchev–Trinajstić information content (AvgIpc) is 2.67. The van der Waals surface area contributed by atoms with Gasteiger partial charge in [-0.3, -0.25) is 0 Å². The van der Waals surface area contributed by atoms with Gasteiger partial charge in [-0.05, 0) is 52.7 Å². The number of hydrogen-bond donors (Lipinski definition) is 0. The Morgan fingerprint density at radius 2 is 1.68 bits per heavy atom. The third-order valence-electron chi connectivity index (χ3n) is 6.31. The predicted octanol–water partition coefficient (Wildman–Crippen LogP) is 4.75. The molecule has 1 fully saturated rings. The zero-order valence-corrected chi connectivity index (χ0v) is 14.3. The molecule has 0 nitrogen and oxygen atoms in total. The zero-order chi connectivity index (χ0) is 16.8. The predicted molar refractivity (Wildman–Crippen MR) is 106 cm³/mol. The van der Waals surface area contributed by atoms with Crippen molar-refractivity contribution in [1.29, 1.82) is 0 Å². The molecule has 0 bridgehead atoms. The van der Waals surface area contributed by atoms with Gasteiger partial charge in [0.05, 0.1) is 0 Å². The summed E-state index contributed by atoms with van der Waals surface area (Å²) in [6.07, 6.45) is 15.3. The number of benzene rings is 2. The summed E-state index contributed by atoms with van der Waals surface area (Å²) in [5.74, 6) is 2.82. The molecule has 0 amide bonds. The summed E-state index contributed by atoms with van der Waals surface area (Å²) in [7, 11) is 6.08. The van der Waals surface area contributed by atoms with Gasteiger partial charge >= 0.3 is 0 Å². The molecule has 1 heteroatoms. The highest BCUT2D eigenvalue weighted by Gasteiger charge is 2.44. The summed E-state index contributed by atoms with van der Waals surface area (Å²) < 4.78 is 0. The van der Waals surface area contributed by atoms with Crippen LogP contribution in [0.1, 0.15) is 34.9 Å². The first kappa shape index (κ1) is 15.0. The van der Waals surface area contributed by atoms with Gasteiger partial charge in [0.2, 0.25) is 0 Å². The van der Waals surface area contributed by atoms with Crippen LogP contribution in [0.5, 0.6) is 0 Å². The van der Waals surface area contributed by atoms with Gasteiger partial charge < -0.3 is 0 Å². The maximum absolute atomic E-state index is 6.08. The van der Waals surface area contributed by atoms with Gasteiger partial charge in [-0.1, -0.05) is 90.4 Å². The van der Waals surface area contributed by atoms with E-state index in [-0.39, 0.29) is 0 Å². The summed E-state index contributed by atoms with van der Waals surface area (Å²) in [5, 5.41) is 0. The van der Waals surface area contributed by atoms with Crippen LogP contribution in [0.25, 0.3) is 6.08 Å². The van der Waals surface area contributed by atoms with Crippen molar-refractivity contribution < 1.29 is 0 Å². The lowest BCUT2D eigenvalue weighted by Crippen LogP contribution is -2.37. The van der Waals surface area contributed by atoms with Gasteiger partial charge in [0.1, 0.15) is 7.85 Å². The molecule has 5 rings (SSSR count). The van der Waals surface area contributed by atoms with E-state index in [0.717, 1.165) is 5.46 Å². The number of fused-ring (bicyclic) bond motifs is 5. The molecule has 0 heterocycles. The fourth-order valence-electron chi connectivity index (χ4n) is 5.26. The topological polar surface area (TPSA) is 0 Å². The molecule has 0 spiro atoms. The van der Waals surface area contributed by atoms with E-state index in [2.05, 4.69) is 78.9 Å². The van der Waals surface area contributed by atoms with Crippen molar-refractivity contribution in [3.8, 4) is 0 Å². The van der Waals surface area contributed by atoms with E-state index in [0.29, 0.717) is 29.6 Å². The Bertz CT molecular complexity index is 888. The van der Waals surface area contributed by atoms with Crippen LogP contribution in [-0.4, -0.2) is 7.85 Å². The van der Waals surface area contributed by atoms with Crippen LogP contribution in [0.3, 0.4) is 0 Å². The molecular formula is C24H21B. The third kappa shape index (κ3) is 2.45. The van der Waals surface area contributed by atoms with Crippen molar-refractivity contribution in [1.82, 2.24) is 0 Å². The minimum Gasteiger partial charge on any atom is -0.0964 e. The molecule has 5 atom stereocenters. The lowest BCUT2D eigenvalue weighted by atomic mass is 9.56. The minimum atomic E-state index is 0.533. The molecule has 2 radical (unpaired) electrons. The van der Waals surface area contributed by atoms with Crippen LogP contribution in [-0.2, 0) is 0 Å². The molecular weight excluding hydrogens is 299 g/mol. The summed E-state index contributed by atoms with van der Waals surface area (Å²) in [6, 6.07) is 17.4. The summed E-state index contributed by atoms with van der Waals surface area (Å²) in [5.41, 5.74) is 5.18. The van der Waals surface area contributed by atoms with Crippen molar-refractivity contribution in [2.45, 2.75) is 18.3 Å². The highest BCUT2D eigenvalue weighted by atomic mass is 14.5. The largest absolute Gasteiger partial charge is 0.113 e. The molecule has 0 aliphatic heterocycles. The molecule has 0 N–H and O–H groups in total. The van der Waals surface area contributed by atoms with E-state index in [1.165, 1.54) is 23.1 Å². The SMILES string of the molecule is [B]c1cccc(C2CC3C=Cc4ccccc4C3C3C=CC=CC23)c1. The number of hydrogen-bond acceptors (Lipinski definition) is 0. The first-order valence-electron chi connectivity index (χ1n) is 9.29. The van der Waals surface area contributed by atoms with E-state index in [1.807, 2.05) is 6.07 Å². The zero-order valence-electron chi connectivity index (χ0n) is 14.3. The minimum absolute atomic E-state index is 0.533. The Balaban J connectivity index is 1.60. The fourth-order valence-corrected chi connectivity index (χ4v) is 5.26. The van der Waals surface area contributed by atoms with E-state index >= 15 is 0 Å². The van der Waals surface area contributed by atoms with Crippen LogP contribution >= 0.6 is 0 Å². The molecule has 0 aromatic heterocycles. The highest BCUT2D eigenvalue weighted by Crippen LogP contribution is 2.55. The Morgan fingerprint density at radius 1 is 0.840 bits per heavy atom. The van der Waals surface area contributed by atoms with Gasteiger partial charge in [-0.15, -0.1) is 0 Å². The van der Waals surface area contributed by atoms with E-state index in [9.17, 15) is 0 Å². The smallest absolute Gasteiger partial charge is 0.0964 e. The fraction of sp³-hybridized carbons (Fsp3) is 0.250. The third-order valence-corrected chi connectivity index (χ3v) is 6.31. The van der Waals surface area contributed by atoms with Crippen molar-refractivity contribution in [3.63, 3.8) is 0 Å². The monoisotopic (exact) mass is 320 g/mol. The Hall–Kier alpha value is -2.28. The number of rotatable bonds is 1. The first-order chi connectivity index (χ1) is 12.3. The molecule has 3 aliphatic rings. The van der Waals surface area contributed by atoms with E-state index in [1.54, 1.807) is 0 Å². The molecule has 25 heavy (non-hydrogen) atoms. The highest BCUT2D eigenvalue weighted by molar-refractivity contribution is 6.32. The first-order valence-corrected chi connectivity index (χ1v) is 9.29. The van der Waals surface area contributed by atoms with Crippen molar-refractivity contribution >= 4 is 19.4 Å². The van der Waals surface area contributed by atoms with Gasteiger partial charge in [0.15, 0.2) is 0 Å². The maximum Gasteiger partial charge on any atom is 0.113 e. The van der Waals surface area contributed by atoms with Crippen LogP contribution < -0.4 is 5.46 Å². The van der Waals surface area contributed by atoms with Gasteiger partial charge in [0.25, 0.3) is 0 Å². The maximum atomic E-state index is 6.08. The van der Waals surface area contributed by atoms with Crippen molar-refractivity contribution in [3.05, 3.63) is 95.6 Å².